The molecule has 0 saturated heterocycles. The van der Waals surface area contributed by atoms with Gasteiger partial charge in [0.1, 0.15) is 0 Å². The average Bonchev–Trinajstić information content (AvgIpc) is 2.83. The van der Waals surface area contributed by atoms with Crippen LogP contribution in [-0.4, -0.2) is 29.6 Å². The van der Waals surface area contributed by atoms with Crippen LogP contribution < -0.4 is 16.0 Å². The van der Waals surface area contributed by atoms with Crippen LogP contribution in [0.25, 0.3) is 10.9 Å². The van der Waals surface area contributed by atoms with E-state index in [1.807, 2.05) is 37.3 Å². The topological polar surface area (TPSA) is 124 Å². The van der Waals surface area contributed by atoms with Gasteiger partial charge in [0.05, 0.1) is 21.6 Å². The number of carbonyl (C=O) groups excluding carboxylic acids is 1. The second-order valence-electron chi connectivity index (χ2n) is 8.01. The molecule has 8 nitrogen and oxygen atoms in total. The molecule has 3 N–H and O–H groups in total. The van der Waals surface area contributed by atoms with Crippen molar-refractivity contribution in [2.24, 2.45) is 5.14 Å². The molecule has 0 spiro atoms. The van der Waals surface area contributed by atoms with Gasteiger partial charge in [0, 0.05) is 12.2 Å². The Kier molecular flexibility index (Phi) is 7.34. The van der Waals surface area contributed by atoms with E-state index in [9.17, 15) is 18.0 Å². The number of aromatic nitrogens is 2. The monoisotopic (exact) mass is 508 g/mol. The summed E-state index contributed by atoms with van der Waals surface area (Å²) >= 11 is 1.19. The number of amides is 1. The quantitative estimate of drug-likeness (QED) is 0.278. The fraction of sp³-hybridized carbons (Fsp3) is 0.160. The smallest absolute Gasteiger partial charge is 0.262 e. The number of carbonyl (C=O) groups is 1. The number of rotatable bonds is 8. The molecule has 1 amide bonds. The zero-order valence-electron chi connectivity index (χ0n) is 19.0. The van der Waals surface area contributed by atoms with Gasteiger partial charge in [-0.25, -0.2) is 18.5 Å². The Morgan fingerprint density at radius 2 is 1.71 bits per heavy atom. The van der Waals surface area contributed by atoms with E-state index in [0.717, 1.165) is 11.1 Å². The minimum atomic E-state index is -3.77. The molecule has 0 unspecified atom stereocenters. The first-order valence-corrected chi connectivity index (χ1v) is 13.3. The summed E-state index contributed by atoms with van der Waals surface area (Å²) in [7, 11) is -3.77. The van der Waals surface area contributed by atoms with Crippen LogP contribution >= 0.6 is 11.8 Å². The lowest BCUT2D eigenvalue weighted by molar-refractivity contribution is -0.113. The first kappa shape index (κ1) is 24.6. The van der Waals surface area contributed by atoms with Crippen molar-refractivity contribution in [2.75, 3.05) is 11.1 Å². The second kappa shape index (κ2) is 10.4. The molecule has 180 valence electrons. The molecule has 0 fully saturated rings. The number of nitrogens with one attached hydrogen (secondary N) is 1. The summed E-state index contributed by atoms with van der Waals surface area (Å²) in [6.07, 6.45) is 0.466. The summed E-state index contributed by atoms with van der Waals surface area (Å²) in [6, 6.07) is 20.8. The van der Waals surface area contributed by atoms with Crippen molar-refractivity contribution in [3.05, 3.63) is 94.3 Å². The van der Waals surface area contributed by atoms with Gasteiger partial charge in [-0.3, -0.25) is 14.2 Å². The van der Waals surface area contributed by atoms with Crippen molar-refractivity contribution in [1.29, 1.82) is 0 Å². The molecular formula is C25H24N4O4S2. The number of anilines is 1. The molecular weight excluding hydrogens is 484 g/mol. The maximum Gasteiger partial charge on any atom is 0.262 e. The normalized spacial score (nSPS) is 11.5. The molecule has 4 rings (SSSR count). The Bertz CT molecular complexity index is 1530. The molecule has 3 aromatic carbocycles. The molecule has 0 atom stereocenters. The number of thioether (sulfide) groups is 1. The fourth-order valence-corrected chi connectivity index (χ4v) is 4.85. The highest BCUT2D eigenvalue weighted by molar-refractivity contribution is 7.99. The van der Waals surface area contributed by atoms with E-state index in [1.54, 1.807) is 34.9 Å². The van der Waals surface area contributed by atoms with Crippen molar-refractivity contribution in [1.82, 2.24) is 9.55 Å². The Balaban J connectivity index is 1.54. The van der Waals surface area contributed by atoms with E-state index in [2.05, 4.69) is 10.3 Å². The lowest BCUT2D eigenvalue weighted by Gasteiger charge is -2.13. The van der Waals surface area contributed by atoms with Gasteiger partial charge in [0.15, 0.2) is 5.16 Å². The maximum atomic E-state index is 13.2. The molecule has 4 aromatic rings. The molecule has 0 radical (unpaired) electrons. The number of benzene rings is 3. The summed E-state index contributed by atoms with van der Waals surface area (Å²) < 4.78 is 24.5. The number of nitrogens with two attached hydrogens (primary N) is 1. The van der Waals surface area contributed by atoms with Crippen LogP contribution in [-0.2, 0) is 27.8 Å². The van der Waals surface area contributed by atoms with Crippen LogP contribution in [0.4, 0.5) is 5.69 Å². The molecule has 0 aliphatic heterocycles. The van der Waals surface area contributed by atoms with Gasteiger partial charge < -0.3 is 5.32 Å². The van der Waals surface area contributed by atoms with E-state index in [4.69, 9.17) is 5.14 Å². The van der Waals surface area contributed by atoms with Crippen molar-refractivity contribution < 1.29 is 13.2 Å². The SMILES string of the molecule is Cc1ccc(NC(=O)CSc2nc3ccccc3c(=O)n2CCc2ccc(S(N)(=O)=O)cc2)cc1. The van der Waals surface area contributed by atoms with E-state index in [-0.39, 0.29) is 22.1 Å². The number of aryl methyl sites for hydroxylation is 2. The Hall–Kier alpha value is -3.47. The van der Waals surface area contributed by atoms with Crippen molar-refractivity contribution >= 4 is 44.3 Å². The number of para-hydroxylation sites is 1. The third-order valence-corrected chi connectivity index (χ3v) is 7.28. The van der Waals surface area contributed by atoms with Gasteiger partial charge in [-0.15, -0.1) is 0 Å². The number of sulfonamides is 1. The molecule has 0 saturated carbocycles. The van der Waals surface area contributed by atoms with Crippen molar-refractivity contribution in [3.63, 3.8) is 0 Å². The summed E-state index contributed by atoms with van der Waals surface area (Å²) in [6.45, 7) is 2.29. The zero-order chi connectivity index (χ0) is 25.0. The molecule has 10 heteroatoms. The van der Waals surface area contributed by atoms with Crippen LogP contribution in [0.1, 0.15) is 11.1 Å². The van der Waals surface area contributed by atoms with Crippen molar-refractivity contribution in [3.8, 4) is 0 Å². The Labute approximate surface area is 207 Å². The third kappa shape index (κ3) is 6.16. The molecule has 1 heterocycles. The highest BCUT2D eigenvalue weighted by Gasteiger charge is 2.14. The largest absolute Gasteiger partial charge is 0.325 e. The Morgan fingerprint density at radius 1 is 1.03 bits per heavy atom. The first-order valence-electron chi connectivity index (χ1n) is 10.8. The van der Waals surface area contributed by atoms with E-state index in [1.165, 1.54) is 23.9 Å². The summed E-state index contributed by atoms with van der Waals surface area (Å²) in [5, 5.41) is 8.94. The zero-order valence-corrected chi connectivity index (χ0v) is 20.6. The molecule has 1 aromatic heterocycles. The maximum absolute atomic E-state index is 13.2. The predicted molar refractivity (Wildman–Crippen MR) is 138 cm³/mol. The van der Waals surface area contributed by atoms with Gasteiger partial charge in [0.25, 0.3) is 5.56 Å². The van der Waals surface area contributed by atoms with Gasteiger partial charge >= 0.3 is 0 Å². The van der Waals surface area contributed by atoms with E-state index in [0.29, 0.717) is 34.7 Å². The summed E-state index contributed by atoms with van der Waals surface area (Å²) in [5.41, 5.74) is 3.01. The Morgan fingerprint density at radius 3 is 2.40 bits per heavy atom. The van der Waals surface area contributed by atoms with Crippen LogP contribution in [0, 0.1) is 6.92 Å². The standard InChI is InChI=1S/C25H24N4O4S2/c1-17-6-10-19(11-7-17)27-23(30)16-34-25-28-22-5-3-2-4-21(22)24(31)29(25)15-14-18-8-12-20(13-9-18)35(26,32)33/h2-13H,14-16H2,1H3,(H,27,30)(H2,26,32,33). The van der Waals surface area contributed by atoms with E-state index >= 15 is 0 Å². The predicted octanol–water partition coefficient (Wildman–Crippen LogP) is 3.33. The van der Waals surface area contributed by atoms with Gasteiger partial charge in [-0.05, 0) is 55.3 Å². The first-order chi connectivity index (χ1) is 16.7. The number of primary sulfonamides is 1. The number of hydrogen-bond acceptors (Lipinski definition) is 6. The highest BCUT2D eigenvalue weighted by atomic mass is 32.2. The van der Waals surface area contributed by atoms with Crippen LogP contribution in [0.3, 0.4) is 0 Å². The summed E-state index contributed by atoms with van der Waals surface area (Å²) in [5.74, 6) is -0.117. The van der Waals surface area contributed by atoms with Gasteiger partial charge in [0.2, 0.25) is 15.9 Å². The van der Waals surface area contributed by atoms with Crippen LogP contribution in [0.15, 0.2) is 87.6 Å². The second-order valence-corrected chi connectivity index (χ2v) is 10.5. The lowest BCUT2D eigenvalue weighted by atomic mass is 10.1. The summed E-state index contributed by atoms with van der Waals surface area (Å²) in [4.78, 5) is 30.4. The molecule has 35 heavy (non-hydrogen) atoms. The molecule has 0 bridgehead atoms. The van der Waals surface area contributed by atoms with Crippen molar-refractivity contribution in [2.45, 2.75) is 29.9 Å². The fourth-order valence-electron chi connectivity index (χ4n) is 3.51. The number of hydrogen-bond donors (Lipinski definition) is 2. The van der Waals surface area contributed by atoms with E-state index < -0.39 is 10.0 Å². The number of nitrogens with zero attached hydrogens (tertiary/aromatic N) is 2. The molecule has 0 aliphatic rings. The minimum Gasteiger partial charge on any atom is -0.325 e. The minimum absolute atomic E-state index is 0.0293. The average molecular weight is 509 g/mol. The van der Waals surface area contributed by atoms with Crippen LogP contribution in [0.5, 0.6) is 0 Å². The van der Waals surface area contributed by atoms with Gasteiger partial charge in [-0.2, -0.15) is 0 Å². The number of fused-ring (bicyclic) bond motifs is 1. The highest BCUT2D eigenvalue weighted by Crippen LogP contribution is 2.19. The van der Waals surface area contributed by atoms with Gasteiger partial charge in [-0.1, -0.05) is 53.7 Å². The molecule has 0 aliphatic carbocycles. The third-order valence-electron chi connectivity index (χ3n) is 5.37. The lowest BCUT2D eigenvalue weighted by Crippen LogP contribution is -2.25. The van der Waals surface area contributed by atoms with Crippen LogP contribution in [0.2, 0.25) is 0 Å².